The van der Waals surface area contributed by atoms with Gasteiger partial charge in [-0.25, -0.2) is 10.0 Å². The van der Waals surface area contributed by atoms with Crippen molar-refractivity contribution in [3.05, 3.63) is 78.0 Å². The molecular formula is C26H28F3N3O4. The largest absolute Gasteiger partial charge is 0.416 e. The van der Waals surface area contributed by atoms with Gasteiger partial charge in [0.1, 0.15) is 6.04 Å². The van der Waals surface area contributed by atoms with Gasteiger partial charge >= 0.3 is 6.18 Å². The van der Waals surface area contributed by atoms with Crippen molar-refractivity contribution in [1.82, 2.24) is 14.9 Å². The van der Waals surface area contributed by atoms with Crippen LogP contribution < -0.4 is 0 Å². The van der Waals surface area contributed by atoms with Gasteiger partial charge in [-0.3, -0.25) is 14.4 Å². The molecule has 36 heavy (non-hydrogen) atoms. The van der Waals surface area contributed by atoms with Gasteiger partial charge in [0.15, 0.2) is 6.10 Å². The van der Waals surface area contributed by atoms with Crippen molar-refractivity contribution in [2.45, 2.75) is 58.0 Å². The molecule has 1 aliphatic rings. The maximum Gasteiger partial charge on any atom is 0.416 e. The number of aliphatic hydroxyl groups excluding tert-OH is 1. The normalized spacial score (nSPS) is 17.9. The molecule has 0 fully saturated rings. The van der Waals surface area contributed by atoms with Crippen LogP contribution in [0, 0.1) is 0 Å². The molecule has 1 aliphatic heterocycles. The van der Waals surface area contributed by atoms with Crippen LogP contribution >= 0.6 is 0 Å². The summed E-state index contributed by atoms with van der Waals surface area (Å²) in [7, 11) is 0. The molecule has 0 radical (unpaired) electrons. The number of hydrogen-bond donors (Lipinski definition) is 1. The second-order valence-corrected chi connectivity index (χ2v) is 8.49. The summed E-state index contributed by atoms with van der Waals surface area (Å²) < 4.78 is 41.6. The number of benzene rings is 2. The highest BCUT2D eigenvalue weighted by molar-refractivity contribution is 5.98. The topological polar surface area (TPSA) is 81.2 Å². The lowest BCUT2D eigenvalue weighted by Gasteiger charge is -2.47. The van der Waals surface area contributed by atoms with E-state index in [0.29, 0.717) is 16.1 Å². The predicted molar refractivity (Wildman–Crippen MR) is 126 cm³/mol. The van der Waals surface area contributed by atoms with E-state index in [1.165, 1.54) is 18.0 Å². The van der Waals surface area contributed by atoms with E-state index < -0.39 is 42.1 Å². The number of carbonyl (C=O) groups is 3. The van der Waals surface area contributed by atoms with Gasteiger partial charge in [-0.15, -0.1) is 0 Å². The zero-order valence-corrected chi connectivity index (χ0v) is 20.1. The number of alkyl halides is 3. The molecular weight excluding hydrogens is 475 g/mol. The molecule has 192 valence electrons. The Morgan fingerprint density at radius 3 is 2.06 bits per heavy atom. The zero-order chi connectivity index (χ0) is 26.6. The Morgan fingerprint density at radius 2 is 1.58 bits per heavy atom. The first kappa shape index (κ1) is 26.9. The molecule has 3 rings (SSSR count). The van der Waals surface area contributed by atoms with Crippen molar-refractivity contribution in [1.29, 1.82) is 0 Å². The van der Waals surface area contributed by atoms with E-state index in [1.807, 2.05) is 0 Å². The quantitative estimate of drug-likeness (QED) is 0.624. The Kier molecular flexibility index (Phi) is 8.19. The van der Waals surface area contributed by atoms with Crippen LogP contribution in [0.1, 0.15) is 38.3 Å². The van der Waals surface area contributed by atoms with Gasteiger partial charge in [0.25, 0.3) is 5.91 Å². The molecule has 0 aromatic heterocycles. The summed E-state index contributed by atoms with van der Waals surface area (Å²) in [5, 5.41) is 12.0. The van der Waals surface area contributed by atoms with Crippen LogP contribution in [0.15, 0.2) is 66.9 Å². The zero-order valence-electron chi connectivity index (χ0n) is 20.1. The summed E-state index contributed by atoms with van der Waals surface area (Å²) in [4.78, 5) is 40.3. The van der Waals surface area contributed by atoms with Crippen LogP contribution in [-0.4, -0.2) is 62.1 Å². The van der Waals surface area contributed by atoms with Gasteiger partial charge in [0, 0.05) is 25.6 Å². The summed E-state index contributed by atoms with van der Waals surface area (Å²) in [6.07, 6.45) is -6.87. The fraction of sp³-hybridized carbons (Fsp3) is 0.346. The monoisotopic (exact) mass is 503 g/mol. The Labute approximate surface area is 207 Å². The van der Waals surface area contributed by atoms with Crippen LogP contribution in [0.25, 0.3) is 5.70 Å². The van der Waals surface area contributed by atoms with Crippen molar-refractivity contribution in [2.75, 3.05) is 0 Å². The lowest BCUT2D eigenvalue weighted by atomic mass is 9.99. The van der Waals surface area contributed by atoms with Crippen LogP contribution in [0.5, 0.6) is 0 Å². The number of amides is 3. The van der Waals surface area contributed by atoms with Crippen molar-refractivity contribution >= 4 is 23.4 Å². The van der Waals surface area contributed by atoms with E-state index in [-0.39, 0.29) is 18.5 Å². The molecule has 1 heterocycles. The molecule has 10 heteroatoms. The molecule has 0 bridgehead atoms. The van der Waals surface area contributed by atoms with Crippen molar-refractivity contribution in [2.24, 2.45) is 0 Å². The van der Waals surface area contributed by atoms with Gasteiger partial charge in [-0.1, -0.05) is 67.6 Å². The second kappa shape index (κ2) is 10.9. The summed E-state index contributed by atoms with van der Waals surface area (Å²) >= 11 is 0. The van der Waals surface area contributed by atoms with E-state index in [9.17, 15) is 32.7 Å². The van der Waals surface area contributed by atoms with Crippen LogP contribution in [0.4, 0.5) is 13.2 Å². The molecule has 0 aliphatic carbocycles. The second-order valence-electron chi connectivity index (χ2n) is 8.49. The molecule has 3 atom stereocenters. The highest BCUT2D eigenvalue weighted by Crippen LogP contribution is 2.34. The Hall–Kier alpha value is -3.66. The lowest BCUT2D eigenvalue weighted by Crippen LogP contribution is -2.64. The van der Waals surface area contributed by atoms with Crippen molar-refractivity contribution in [3.8, 4) is 0 Å². The summed E-state index contributed by atoms with van der Waals surface area (Å²) in [6.45, 7) is 3.97. The van der Waals surface area contributed by atoms with Gasteiger partial charge in [-0.05, 0) is 18.4 Å². The minimum Gasteiger partial charge on any atom is -0.382 e. The van der Waals surface area contributed by atoms with E-state index >= 15 is 0 Å². The Morgan fingerprint density at radius 1 is 1.03 bits per heavy atom. The SMILES string of the molecule is CCC1C(=O)N(N(C(C)=O)C(Cc2ccccc2)C(O)C(F)(F)F)C(c2ccccc2)=CN1C(C)=O. The molecule has 3 unspecified atom stereocenters. The highest BCUT2D eigenvalue weighted by atomic mass is 19.4. The third kappa shape index (κ3) is 5.59. The summed E-state index contributed by atoms with van der Waals surface area (Å²) in [5.74, 6) is -2.06. The number of hydrazine groups is 1. The lowest BCUT2D eigenvalue weighted by molar-refractivity contribution is -0.232. The van der Waals surface area contributed by atoms with Crippen molar-refractivity contribution in [3.63, 3.8) is 0 Å². The predicted octanol–water partition coefficient (Wildman–Crippen LogP) is 3.75. The number of hydrogen-bond acceptors (Lipinski definition) is 4. The average molecular weight is 504 g/mol. The average Bonchev–Trinajstić information content (AvgIpc) is 2.84. The van der Waals surface area contributed by atoms with E-state index in [0.717, 1.165) is 11.9 Å². The van der Waals surface area contributed by atoms with Gasteiger partial charge in [0.05, 0.1) is 11.7 Å². The van der Waals surface area contributed by atoms with E-state index in [1.54, 1.807) is 67.6 Å². The Balaban J connectivity index is 2.24. The summed E-state index contributed by atoms with van der Waals surface area (Å²) in [5.41, 5.74) is 0.880. The molecule has 3 amide bonds. The molecule has 7 nitrogen and oxygen atoms in total. The van der Waals surface area contributed by atoms with E-state index in [4.69, 9.17) is 0 Å². The number of halogens is 3. The minimum atomic E-state index is -5.07. The van der Waals surface area contributed by atoms with Crippen molar-refractivity contribution < 1.29 is 32.7 Å². The summed E-state index contributed by atoms with van der Waals surface area (Å²) in [6, 6.07) is 13.5. The maximum absolute atomic E-state index is 13.9. The standard InChI is InChI=1S/C26H28F3N3O4/c1-4-21-25(36)32(23(16-30(21)17(2)33)20-13-9-6-10-14-20)31(18(3)34)22(24(35)26(27,28)29)15-19-11-7-5-8-12-19/h5-14,16,21-22,24,35H,4,15H2,1-3H3. The number of nitrogens with zero attached hydrogens (tertiary/aromatic N) is 3. The van der Waals surface area contributed by atoms with E-state index in [2.05, 4.69) is 0 Å². The minimum absolute atomic E-state index is 0.0446. The molecule has 0 saturated carbocycles. The molecule has 1 N–H and O–H groups in total. The molecule has 0 saturated heterocycles. The number of aliphatic hydroxyl groups is 1. The fourth-order valence-corrected chi connectivity index (χ4v) is 4.29. The highest BCUT2D eigenvalue weighted by Gasteiger charge is 2.50. The van der Waals surface area contributed by atoms with Crippen LogP contribution in [-0.2, 0) is 20.8 Å². The fourth-order valence-electron chi connectivity index (χ4n) is 4.29. The molecule has 2 aromatic carbocycles. The Bertz CT molecular complexity index is 1120. The van der Waals surface area contributed by atoms with Gasteiger partial charge in [0.2, 0.25) is 11.8 Å². The third-order valence-corrected chi connectivity index (χ3v) is 5.98. The first-order chi connectivity index (χ1) is 17.0. The third-order valence-electron chi connectivity index (χ3n) is 5.98. The number of carbonyl (C=O) groups excluding carboxylic acids is 3. The van der Waals surface area contributed by atoms with Gasteiger partial charge in [-0.2, -0.15) is 13.2 Å². The number of rotatable bonds is 7. The maximum atomic E-state index is 13.9. The first-order valence-electron chi connectivity index (χ1n) is 11.5. The first-order valence-corrected chi connectivity index (χ1v) is 11.5. The molecule has 0 spiro atoms. The van der Waals surface area contributed by atoms with Crippen LogP contribution in [0.3, 0.4) is 0 Å². The molecule has 2 aromatic rings. The van der Waals surface area contributed by atoms with Crippen LogP contribution in [0.2, 0.25) is 0 Å². The van der Waals surface area contributed by atoms with Gasteiger partial charge < -0.3 is 10.0 Å². The smallest absolute Gasteiger partial charge is 0.382 e.